The quantitative estimate of drug-likeness (QED) is 0.859. The molecule has 3 nitrogen and oxygen atoms in total. The summed E-state index contributed by atoms with van der Waals surface area (Å²) in [6.07, 6.45) is 8.13. The highest BCUT2D eigenvalue weighted by Gasteiger charge is 2.48. The first-order valence-electron chi connectivity index (χ1n) is 8.03. The molecule has 0 amide bonds. The maximum atomic E-state index is 11.5. The second-order valence-corrected chi connectivity index (χ2v) is 9.86. The van der Waals surface area contributed by atoms with Gasteiger partial charge in [-0.2, -0.15) is 0 Å². The first-order chi connectivity index (χ1) is 9.09. The molecule has 4 heteroatoms. The van der Waals surface area contributed by atoms with Gasteiger partial charge in [-0.05, 0) is 74.7 Å². The third-order valence-corrected chi connectivity index (χ3v) is 8.03. The maximum Gasteiger partial charge on any atom is 0.150 e. The normalized spacial score (nSPS) is 50.7. The Morgan fingerprint density at radius 1 is 0.947 bits per heavy atom. The van der Waals surface area contributed by atoms with E-state index in [2.05, 4.69) is 5.32 Å². The zero-order valence-corrected chi connectivity index (χ0v) is 12.4. The SMILES string of the molecule is O=S1(=O)CCC(CNC2C3CC4CC(C3)CC2C4)C1. The molecule has 1 saturated heterocycles. The predicted molar refractivity (Wildman–Crippen MR) is 75.6 cm³/mol. The van der Waals surface area contributed by atoms with Gasteiger partial charge >= 0.3 is 0 Å². The fourth-order valence-electron chi connectivity index (χ4n) is 5.59. The van der Waals surface area contributed by atoms with E-state index in [0.29, 0.717) is 23.5 Å². The van der Waals surface area contributed by atoms with Gasteiger partial charge in [-0.15, -0.1) is 0 Å². The molecule has 0 spiro atoms. The summed E-state index contributed by atoms with van der Waals surface area (Å²) >= 11 is 0. The van der Waals surface area contributed by atoms with E-state index >= 15 is 0 Å². The third-order valence-electron chi connectivity index (χ3n) is 6.20. The summed E-state index contributed by atoms with van der Waals surface area (Å²) in [4.78, 5) is 0. The average molecular weight is 283 g/mol. The fourth-order valence-corrected chi connectivity index (χ4v) is 7.46. The number of sulfone groups is 1. The van der Waals surface area contributed by atoms with E-state index in [0.717, 1.165) is 36.6 Å². The fraction of sp³-hybridized carbons (Fsp3) is 1.00. The first-order valence-corrected chi connectivity index (χ1v) is 9.85. The van der Waals surface area contributed by atoms with Crippen LogP contribution in [0.3, 0.4) is 0 Å². The van der Waals surface area contributed by atoms with Gasteiger partial charge in [0, 0.05) is 6.04 Å². The van der Waals surface area contributed by atoms with E-state index in [4.69, 9.17) is 0 Å². The summed E-state index contributed by atoms with van der Waals surface area (Å²) in [5.41, 5.74) is 0. The standard InChI is InChI=1S/C15H25NO2S/c17-19(18)2-1-10(9-19)8-16-15-13-4-11-3-12(6-13)7-14(15)5-11/h10-16H,1-9H2. The van der Waals surface area contributed by atoms with Crippen LogP contribution in [0.5, 0.6) is 0 Å². The van der Waals surface area contributed by atoms with Crippen LogP contribution in [0, 0.1) is 29.6 Å². The predicted octanol–water partition coefficient (Wildman–Crippen LogP) is 1.84. The highest BCUT2D eigenvalue weighted by molar-refractivity contribution is 7.91. The zero-order chi connectivity index (χ0) is 13.0. The first kappa shape index (κ1) is 12.6. The Balaban J connectivity index is 1.36. The van der Waals surface area contributed by atoms with Crippen molar-refractivity contribution < 1.29 is 8.42 Å². The average Bonchev–Trinajstić information content (AvgIpc) is 2.67. The summed E-state index contributed by atoms with van der Waals surface area (Å²) in [6.45, 7) is 0.937. The van der Waals surface area contributed by atoms with Crippen molar-refractivity contribution in [2.45, 2.75) is 44.6 Å². The van der Waals surface area contributed by atoms with Crippen LogP contribution in [0.25, 0.3) is 0 Å². The second kappa shape index (κ2) is 4.45. The lowest BCUT2D eigenvalue weighted by Gasteiger charge is -2.54. The van der Waals surface area contributed by atoms with Crippen LogP contribution >= 0.6 is 0 Å². The Morgan fingerprint density at radius 2 is 1.58 bits per heavy atom. The van der Waals surface area contributed by atoms with E-state index in [1.54, 1.807) is 0 Å². The highest BCUT2D eigenvalue weighted by Crippen LogP contribution is 2.53. The monoisotopic (exact) mass is 283 g/mol. The van der Waals surface area contributed by atoms with Crippen molar-refractivity contribution in [2.24, 2.45) is 29.6 Å². The van der Waals surface area contributed by atoms with E-state index in [1.165, 1.54) is 32.1 Å². The molecule has 1 N–H and O–H groups in total. The van der Waals surface area contributed by atoms with Crippen molar-refractivity contribution >= 4 is 9.84 Å². The van der Waals surface area contributed by atoms with E-state index in [-0.39, 0.29) is 0 Å². The molecule has 0 aromatic carbocycles. The molecule has 5 aliphatic rings. The van der Waals surface area contributed by atoms with Gasteiger partial charge in [0.15, 0.2) is 9.84 Å². The van der Waals surface area contributed by atoms with Gasteiger partial charge in [0.25, 0.3) is 0 Å². The van der Waals surface area contributed by atoms with E-state index in [1.807, 2.05) is 0 Å². The van der Waals surface area contributed by atoms with Crippen LogP contribution in [-0.4, -0.2) is 32.5 Å². The largest absolute Gasteiger partial charge is 0.313 e. The van der Waals surface area contributed by atoms with Gasteiger partial charge in [0.2, 0.25) is 0 Å². The minimum atomic E-state index is -2.71. The Kier molecular flexibility index (Phi) is 2.96. The molecule has 5 fully saturated rings. The molecule has 4 bridgehead atoms. The minimum Gasteiger partial charge on any atom is -0.313 e. The van der Waals surface area contributed by atoms with Crippen molar-refractivity contribution in [3.05, 3.63) is 0 Å². The maximum absolute atomic E-state index is 11.5. The summed E-state index contributed by atoms with van der Waals surface area (Å²) < 4.78 is 23.0. The number of rotatable bonds is 3. The molecule has 19 heavy (non-hydrogen) atoms. The molecule has 4 aliphatic carbocycles. The van der Waals surface area contributed by atoms with Crippen molar-refractivity contribution in [2.75, 3.05) is 18.1 Å². The van der Waals surface area contributed by atoms with Crippen molar-refractivity contribution in [1.29, 1.82) is 0 Å². The third kappa shape index (κ3) is 2.35. The Bertz CT molecular complexity index is 431. The van der Waals surface area contributed by atoms with Crippen molar-refractivity contribution in [3.8, 4) is 0 Å². The molecule has 4 saturated carbocycles. The molecule has 0 aromatic heterocycles. The number of hydrogen-bond acceptors (Lipinski definition) is 3. The lowest BCUT2D eigenvalue weighted by molar-refractivity contribution is -0.0145. The number of nitrogens with one attached hydrogen (secondary N) is 1. The Labute approximate surface area is 116 Å². The Morgan fingerprint density at radius 3 is 2.11 bits per heavy atom. The van der Waals surface area contributed by atoms with Gasteiger partial charge in [0.1, 0.15) is 0 Å². The van der Waals surface area contributed by atoms with Crippen LogP contribution in [0.4, 0.5) is 0 Å². The molecule has 0 aromatic rings. The molecule has 5 rings (SSSR count). The zero-order valence-electron chi connectivity index (χ0n) is 11.6. The van der Waals surface area contributed by atoms with Crippen LogP contribution < -0.4 is 5.32 Å². The van der Waals surface area contributed by atoms with Crippen LogP contribution in [0.15, 0.2) is 0 Å². The molecule has 1 unspecified atom stereocenters. The van der Waals surface area contributed by atoms with Gasteiger partial charge in [-0.1, -0.05) is 0 Å². The molecular weight excluding hydrogens is 258 g/mol. The van der Waals surface area contributed by atoms with Gasteiger partial charge < -0.3 is 5.32 Å². The second-order valence-electron chi connectivity index (χ2n) is 7.63. The highest BCUT2D eigenvalue weighted by atomic mass is 32.2. The topological polar surface area (TPSA) is 46.2 Å². The molecule has 1 aliphatic heterocycles. The minimum absolute atomic E-state index is 0.377. The molecule has 1 heterocycles. The van der Waals surface area contributed by atoms with E-state index < -0.39 is 9.84 Å². The lowest BCUT2D eigenvalue weighted by atomic mass is 9.54. The van der Waals surface area contributed by atoms with Gasteiger partial charge in [0.05, 0.1) is 11.5 Å². The Hall–Kier alpha value is -0.0900. The lowest BCUT2D eigenvalue weighted by Crippen LogP contribution is -2.55. The van der Waals surface area contributed by atoms with Crippen molar-refractivity contribution in [3.63, 3.8) is 0 Å². The summed E-state index contributed by atoms with van der Waals surface area (Å²) in [6, 6.07) is 0.705. The van der Waals surface area contributed by atoms with Crippen LogP contribution in [0.1, 0.15) is 38.5 Å². The van der Waals surface area contributed by atoms with Crippen LogP contribution in [0.2, 0.25) is 0 Å². The summed E-state index contributed by atoms with van der Waals surface area (Å²) in [5.74, 6) is 5.06. The molecule has 0 radical (unpaired) electrons. The molecular formula is C15H25NO2S. The van der Waals surface area contributed by atoms with E-state index in [9.17, 15) is 8.42 Å². The summed E-state index contributed by atoms with van der Waals surface area (Å²) in [7, 11) is -2.71. The number of hydrogen-bond donors (Lipinski definition) is 1. The van der Waals surface area contributed by atoms with Crippen LogP contribution in [-0.2, 0) is 9.84 Å². The smallest absolute Gasteiger partial charge is 0.150 e. The van der Waals surface area contributed by atoms with Crippen molar-refractivity contribution in [1.82, 2.24) is 5.32 Å². The summed E-state index contributed by atoms with van der Waals surface area (Å²) in [5, 5.41) is 3.78. The molecule has 108 valence electrons. The van der Waals surface area contributed by atoms with Gasteiger partial charge in [-0.25, -0.2) is 8.42 Å². The molecule has 1 atom stereocenters. The van der Waals surface area contributed by atoms with Gasteiger partial charge in [-0.3, -0.25) is 0 Å².